The summed E-state index contributed by atoms with van der Waals surface area (Å²) >= 11 is 0. The number of esters is 1. The minimum Gasteiger partial charge on any atom is -0.497 e. The van der Waals surface area contributed by atoms with E-state index in [1.807, 2.05) is 0 Å². The molecule has 0 amide bonds. The lowest BCUT2D eigenvalue weighted by Crippen LogP contribution is -2.25. The number of aromatic nitrogens is 2. The van der Waals surface area contributed by atoms with E-state index in [-0.39, 0.29) is 29.0 Å². The zero-order valence-electron chi connectivity index (χ0n) is 15.2. The maximum atomic E-state index is 13.6. The summed E-state index contributed by atoms with van der Waals surface area (Å²) in [5.41, 5.74) is -0.456. The van der Waals surface area contributed by atoms with Gasteiger partial charge in [0.15, 0.2) is 5.69 Å². The molecule has 0 radical (unpaired) electrons. The van der Waals surface area contributed by atoms with Gasteiger partial charge in [0.25, 0.3) is 0 Å². The van der Waals surface area contributed by atoms with Gasteiger partial charge in [-0.1, -0.05) is 0 Å². The van der Waals surface area contributed by atoms with Crippen molar-refractivity contribution in [3.8, 4) is 5.75 Å². The lowest BCUT2D eigenvalue weighted by molar-refractivity contribution is -0.149. The third kappa shape index (κ3) is 4.14. The van der Waals surface area contributed by atoms with Crippen LogP contribution in [0, 0.1) is 5.92 Å². The van der Waals surface area contributed by atoms with E-state index in [9.17, 15) is 18.0 Å². The molecule has 0 bridgehead atoms. The highest BCUT2D eigenvalue weighted by Crippen LogP contribution is 2.41. The van der Waals surface area contributed by atoms with Gasteiger partial charge in [-0.3, -0.25) is 4.79 Å². The lowest BCUT2D eigenvalue weighted by Gasteiger charge is -2.28. The van der Waals surface area contributed by atoms with Gasteiger partial charge in [-0.05, 0) is 44.7 Å². The molecule has 0 unspecified atom stereocenters. The summed E-state index contributed by atoms with van der Waals surface area (Å²) in [5, 5.41) is 0. The predicted octanol–water partition coefficient (Wildman–Crippen LogP) is 4.49. The minimum atomic E-state index is -4.60. The van der Waals surface area contributed by atoms with Crippen LogP contribution in [0.2, 0.25) is 0 Å². The first-order valence-corrected chi connectivity index (χ1v) is 8.93. The molecule has 27 heavy (non-hydrogen) atoms. The van der Waals surface area contributed by atoms with Crippen LogP contribution >= 0.6 is 0 Å². The molecule has 1 fully saturated rings. The number of carbonyl (C=O) groups excluding carboxylic acids is 1. The van der Waals surface area contributed by atoms with E-state index in [1.54, 1.807) is 19.1 Å². The Morgan fingerprint density at radius 1 is 1.15 bits per heavy atom. The smallest absolute Gasteiger partial charge is 0.435 e. The molecule has 5 nitrogen and oxygen atoms in total. The van der Waals surface area contributed by atoms with Crippen molar-refractivity contribution in [3.63, 3.8) is 0 Å². The van der Waals surface area contributed by atoms with Crippen LogP contribution in [-0.4, -0.2) is 29.7 Å². The Balaban J connectivity index is 1.92. The van der Waals surface area contributed by atoms with Crippen LogP contribution in [0.5, 0.6) is 5.75 Å². The van der Waals surface area contributed by atoms with Crippen molar-refractivity contribution < 1.29 is 27.4 Å². The van der Waals surface area contributed by atoms with E-state index in [4.69, 9.17) is 9.47 Å². The third-order valence-corrected chi connectivity index (χ3v) is 4.90. The van der Waals surface area contributed by atoms with Gasteiger partial charge < -0.3 is 9.47 Å². The highest BCUT2D eigenvalue weighted by molar-refractivity contribution is 5.76. The summed E-state index contributed by atoms with van der Waals surface area (Å²) in [6.07, 6.45) is -2.73. The van der Waals surface area contributed by atoms with Crippen LogP contribution in [0.25, 0.3) is 11.0 Å². The number of hydrogen-bond acceptors (Lipinski definition) is 5. The van der Waals surface area contributed by atoms with E-state index >= 15 is 0 Å². The molecule has 146 valence electrons. The highest BCUT2D eigenvalue weighted by atomic mass is 19.4. The molecule has 0 spiro atoms. The molecule has 0 atom stereocenters. The number of rotatable bonds is 4. The van der Waals surface area contributed by atoms with Crippen molar-refractivity contribution in [1.29, 1.82) is 0 Å². The fourth-order valence-corrected chi connectivity index (χ4v) is 3.53. The van der Waals surface area contributed by atoms with Gasteiger partial charge in [0.2, 0.25) is 0 Å². The first-order chi connectivity index (χ1) is 12.8. The molecule has 8 heteroatoms. The summed E-state index contributed by atoms with van der Waals surface area (Å²) in [7, 11) is 1.44. The predicted molar refractivity (Wildman–Crippen MR) is 92.4 cm³/mol. The molecule has 2 aromatic rings. The van der Waals surface area contributed by atoms with Crippen molar-refractivity contribution in [2.75, 3.05) is 13.7 Å². The quantitative estimate of drug-likeness (QED) is 0.729. The van der Waals surface area contributed by atoms with Crippen LogP contribution in [0.3, 0.4) is 0 Å². The number of halogens is 3. The average molecular weight is 382 g/mol. The zero-order valence-corrected chi connectivity index (χ0v) is 15.2. The number of benzene rings is 1. The Bertz CT molecular complexity index is 831. The second kappa shape index (κ2) is 7.70. The molecule has 1 aliphatic carbocycles. The van der Waals surface area contributed by atoms with Crippen LogP contribution in [-0.2, 0) is 15.7 Å². The van der Waals surface area contributed by atoms with Gasteiger partial charge in [-0.15, -0.1) is 0 Å². The van der Waals surface area contributed by atoms with Gasteiger partial charge in [0.1, 0.15) is 5.75 Å². The number of methoxy groups -OCH3 is 1. The standard InChI is InChI=1S/C19H21F3N2O3/c1-3-27-18(25)12-6-4-11(5-7-12)16-17(19(20,21)22)24-15-10-13(26-2)8-9-14(15)23-16/h8-12H,3-7H2,1-2H3. The number of alkyl halides is 3. The van der Waals surface area contributed by atoms with Gasteiger partial charge in [0.05, 0.1) is 36.4 Å². The van der Waals surface area contributed by atoms with Crippen LogP contribution in [0.4, 0.5) is 13.2 Å². The monoisotopic (exact) mass is 382 g/mol. The van der Waals surface area contributed by atoms with E-state index in [0.717, 1.165) is 0 Å². The Labute approximate surface area is 154 Å². The minimum absolute atomic E-state index is 0.0394. The topological polar surface area (TPSA) is 61.3 Å². The zero-order chi connectivity index (χ0) is 19.6. The van der Waals surface area contributed by atoms with Gasteiger partial charge >= 0.3 is 12.1 Å². The number of carbonyl (C=O) groups is 1. The first kappa shape index (κ1) is 19.4. The maximum absolute atomic E-state index is 13.6. The van der Waals surface area contributed by atoms with Crippen molar-refractivity contribution in [3.05, 3.63) is 29.6 Å². The summed E-state index contributed by atoms with van der Waals surface area (Å²) in [4.78, 5) is 20.0. The number of ether oxygens (including phenoxy) is 2. The second-order valence-corrected chi connectivity index (χ2v) is 6.61. The van der Waals surface area contributed by atoms with Crippen molar-refractivity contribution in [1.82, 2.24) is 9.97 Å². The average Bonchev–Trinajstić information content (AvgIpc) is 2.66. The fraction of sp³-hybridized carbons (Fsp3) is 0.526. The van der Waals surface area contributed by atoms with E-state index in [0.29, 0.717) is 43.6 Å². The third-order valence-electron chi connectivity index (χ3n) is 4.90. The summed E-state index contributed by atoms with van der Waals surface area (Å²) in [6.45, 7) is 2.04. The first-order valence-electron chi connectivity index (χ1n) is 8.93. The van der Waals surface area contributed by atoms with Crippen LogP contribution in [0.1, 0.15) is 49.9 Å². The van der Waals surface area contributed by atoms with Gasteiger partial charge in [0, 0.05) is 12.0 Å². The lowest BCUT2D eigenvalue weighted by atomic mass is 9.80. The van der Waals surface area contributed by atoms with Crippen molar-refractivity contribution >= 4 is 17.0 Å². The largest absolute Gasteiger partial charge is 0.497 e. The Kier molecular flexibility index (Phi) is 5.53. The highest BCUT2D eigenvalue weighted by Gasteiger charge is 2.40. The normalized spacial score (nSPS) is 20.5. The molecular formula is C19H21F3N2O3. The molecule has 1 heterocycles. The van der Waals surface area contributed by atoms with Gasteiger partial charge in [-0.2, -0.15) is 13.2 Å². The molecule has 1 aromatic carbocycles. The molecule has 1 saturated carbocycles. The van der Waals surface area contributed by atoms with E-state index in [2.05, 4.69) is 9.97 Å². The summed E-state index contributed by atoms with van der Waals surface area (Å²) in [5.74, 6) is -0.490. The molecular weight excluding hydrogens is 361 g/mol. The second-order valence-electron chi connectivity index (χ2n) is 6.61. The molecule has 1 aliphatic rings. The molecule has 3 rings (SSSR count). The molecule has 1 aromatic heterocycles. The van der Waals surface area contributed by atoms with E-state index in [1.165, 1.54) is 13.2 Å². The summed E-state index contributed by atoms with van der Waals surface area (Å²) < 4.78 is 50.9. The van der Waals surface area contributed by atoms with Crippen molar-refractivity contribution in [2.24, 2.45) is 5.92 Å². The maximum Gasteiger partial charge on any atom is 0.435 e. The molecule has 0 saturated heterocycles. The Morgan fingerprint density at radius 3 is 2.44 bits per heavy atom. The SMILES string of the molecule is CCOC(=O)C1CCC(c2nc3ccc(OC)cc3nc2C(F)(F)F)CC1. The Hall–Kier alpha value is -2.38. The molecule has 0 aliphatic heterocycles. The Morgan fingerprint density at radius 2 is 1.85 bits per heavy atom. The van der Waals surface area contributed by atoms with Gasteiger partial charge in [-0.25, -0.2) is 9.97 Å². The summed E-state index contributed by atoms with van der Waals surface area (Å²) in [6, 6.07) is 4.69. The number of hydrogen-bond donors (Lipinski definition) is 0. The van der Waals surface area contributed by atoms with Crippen LogP contribution in [0.15, 0.2) is 18.2 Å². The number of fused-ring (bicyclic) bond motifs is 1. The number of nitrogens with zero attached hydrogens (tertiary/aromatic N) is 2. The van der Waals surface area contributed by atoms with Crippen LogP contribution < -0.4 is 4.74 Å². The fourth-order valence-electron chi connectivity index (χ4n) is 3.53. The van der Waals surface area contributed by atoms with E-state index < -0.39 is 11.9 Å². The molecule has 0 N–H and O–H groups in total. The van der Waals surface area contributed by atoms with Crippen molar-refractivity contribution in [2.45, 2.75) is 44.7 Å².